The molecule has 0 saturated heterocycles. The number of hydrogen-bond acceptors (Lipinski definition) is 7. The number of thiophene rings is 1. The van der Waals surface area contributed by atoms with Crippen molar-refractivity contribution < 1.29 is 27.8 Å². The van der Waals surface area contributed by atoms with E-state index in [2.05, 4.69) is 20.3 Å². The van der Waals surface area contributed by atoms with E-state index < -0.39 is 30.6 Å². The first-order chi connectivity index (χ1) is 12.4. The first-order valence-electron chi connectivity index (χ1n) is 7.73. The van der Waals surface area contributed by atoms with Gasteiger partial charge in [-0.3, -0.25) is 14.7 Å². The average molecular weight is 384 g/mol. The van der Waals surface area contributed by atoms with Crippen molar-refractivity contribution in [3.05, 3.63) is 17.3 Å². The Morgan fingerprint density at radius 3 is 3.04 bits per heavy atom. The van der Waals surface area contributed by atoms with Crippen LogP contribution in [0.15, 0.2) is 12.4 Å². The van der Waals surface area contributed by atoms with Crippen LogP contribution in [-0.2, 0) is 9.53 Å². The van der Waals surface area contributed by atoms with Gasteiger partial charge in [-0.1, -0.05) is 0 Å². The van der Waals surface area contributed by atoms with Crippen LogP contribution in [0.25, 0.3) is 10.4 Å². The molecule has 0 fully saturated rings. The highest BCUT2D eigenvalue weighted by Gasteiger charge is 2.47. The van der Waals surface area contributed by atoms with Crippen molar-refractivity contribution in [2.24, 2.45) is 0 Å². The summed E-state index contributed by atoms with van der Waals surface area (Å²) in [5, 5.41) is 9.15. The van der Waals surface area contributed by atoms with E-state index in [9.17, 15) is 18.4 Å². The highest BCUT2D eigenvalue weighted by molar-refractivity contribution is 7.18. The van der Waals surface area contributed by atoms with Crippen LogP contribution in [-0.4, -0.2) is 54.4 Å². The number of anilines is 1. The van der Waals surface area contributed by atoms with Gasteiger partial charge in [0.25, 0.3) is 5.91 Å². The average Bonchev–Trinajstić information content (AvgIpc) is 3.18. The Morgan fingerprint density at radius 1 is 1.54 bits per heavy atom. The summed E-state index contributed by atoms with van der Waals surface area (Å²) < 4.78 is 37.9. The molecule has 2 aromatic rings. The van der Waals surface area contributed by atoms with Crippen molar-refractivity contribution in [1.82, 2.24) is 15.5 Å². The fourth-order valence-electron chi connectivity index (χ4n) is 3.11. The van der Waals surface area contributed by atoms with E-state index in [4.69, 9.17) is 4.74 Å². The van der Waals surface area contributed by atoms with Crippen LogP contribution < -0.4 is 15.0 Å². The number of aromatic amines is 1. The Bertz CT molecular complexity index is 867. The SMILES string of the molecule is COC(=O)C[C@H]1CN2CC(F)(F)Oc3c(-c4cn[nH]c4)sc(c32)C(=O)N1. The number of halogens is 2. The molecule has 1 amide bonds. The lowest BCUT2D eigenvalue weighted by atomic mass is 10.1. The van der Waals surface area contributed by atoms with Crippen LogP contribution >= 0.6 is 11.3 Å². The number of alkyl halides is 2. The van der Waals surface area contributed by atoms with Gasteiger partial charge in [-0.25, -0.2) is 0 Å². The number of nitrogens with zero attached hydrogens (tertiary/aromatic N) is 2. The molecule has 26 heavy (non-hydrogen) atoms. The number of H-pyrrole nitrogens is 1. The minimum atomic E-state index is -3.42. The molecule has 0 radical (unpaired) electrons. The van der Waals surface area contributed by atoms with Crippen molar-refractivity contribution in [2.75, 3.05) is 25.1 Å². The summed E-state index contributed by atoms with van der Waals surface area (Å²) in [5.74, 6) is -1.01. The Balaban J connectivity index is 1.79. The predicted octanol–water partition coefficient (Wildman–Crippen LogP) is 1.60. The normalized spacial score (nSPS) is 20.7. The van der Waals surface area contributed by atoms with E-state index in [1.165, 1.54) is 18.2 Å². The summed E-state index contributed by atoms with van der Waals surface area (Å²) in [6, 6.07) is -0.645. The summed E-state index contributed by atoms with van der Waals surface area (Å²) in [6.07, 6.45) is -0.517. The van der Waals surface area contributed by atoms with Gasteiger partial charge in [-0.2, -0.15) is 13.9 Å². The fourth-order valence-corrected chi connectivity index (χ4v) is 4.24. The molecule has 0 spiro atoms. The lowest BCUT2D eigenvalue weighted by Crippen LogP contribution is -2.49. The third kappa shape index (κ3) is 2.77. The zero-order valence-corrected chi connectivity index (χ0v) is 14.4. The number of carbonyl (C=O) groups excluding carboxylic acids is 2. The van der Waals surface area contributed by atoms with Crippen LogP contribution in [0.1, 0.15) is 16.1 Å². The molecule has 4 rings (SSSR count). The van der Waals surface area contributed by atoms with E-state index in [1.807, 2.05) is 0 Å². The van der Waals surface area contributed by atoms with Crippen molar-refractivity contribution in [3.8, 4) is 16.2 Å². The van der Waals surface area contributed by atoms with Crippen LogP contribution in [0.5, 0.6) is 5.75 Å². The first-order valence-corrected chi connectivity index (χ1v) is 8.55. The highest BCUT2D eigenvalue weighted by Crippen LogP contribution is 2.52. The van der Waals surface area contributed by atoms with E-state index in [0.29, 0.717) is 16.1 Å². The number of aromatic nitrogens is 2. The minimum absolute atomic E-state index is 0.0430. The van der Waals surface area contributed by atoms with Crippen molar-refractivity contribution in [1.29, 1.82) is 0 Å². The maximum atomic E-state index is 14.2. The van der Waals surface area contributed by atoms with Crippen LogP contribution in [0.4, 0.5) is 14.5 Å². The summed E-state index contributed by atoms with van der Waals surface area (Å²) in [6.45, 7) is -0.664. The summed E-state index contributed by atoms with van der Waals surface area (Å²) in [4.78, 5) is 26.2. The van der Waals surface area contributed by atoms with Gasteiger partial charge in [0.05, 0.1) is 30.6 Å². The van der Waals surface area contributed by atoms with Gasteiger partial charge in [-0.05, 0) is 0 Å². The molecule has 4 heterocycles. The lowest BCUT2D eigenvalue weighted by Gasteiger charge is -2.35. The Hall–Kier alpha value is -2.69. The molecule has 2 N–H and O–H groups in total. The van der Waals surface area contributed by atoms with Gasteiger partial charge in [0.15, 0.2) is 5.75 Å². The standard InChI is InChI=1S/C15H14F2N4O4S/c1-24-9(22)2-8-5-21-6-15(16,17)25-11-10(21)13(14(23)20-8)26-12(11)7-3-18-19-4-7/h3-4,8H,2,5-6H2,1H3,(H,18,19)(H,20,23)/t8-/m0/s1. The Kier molecular flexibility index (Phi) is 3.83. The molecular formula is C15H14F2N4O4S. The fraction of sp³-hybridized carbons (Fsp3) is 0.400. The first kappa shape index (κ1) is 16.8. The minimum Gasteiger partial charge on any atom is -0.469 e. The number of carbonyl (C=O) groups is 2. The van der Waals surface area contributed by atoms with Crippen LogP contribution in [0.2, 0.25) is 0 Å². The number of hydrogen-bond donors (Lipinski definition) is 2. The zero-order chi connectivity index (χ0) is 18.5. The summed E-state index contributed by atoms with van der Waals surface area (Å²) in [7, 11) is 1.23. The number of amides is 1. The molecule has 0 unspecified atom stereocenters. The molecule has 2 aromatic heterocycles. The molecular weight excluding hydrogens is 370 g/mol. The van der Waals surface area contributed by atoms with E-state index >= 15 is 0 Å². The van der Waals surface area contributed by atoms with Crippen molar-refractivity contribution >= 4 is 28.9 Å². The molecule has 2 aliphatic heterocycles. The van der Waals surface area contributed by atoms with Crippen LogP contribution in [0.3, 0.4) is 0 Å². The largest absolute Gasteiger partial charge is 0.469 e. The molecule has 8 nitrogen and oxygen atoms in total. The number of ether oxygens (including phenoxy) is 2. The van der Waals surface area contributed by atoms with Gasteiger partial charge >= 0.3 is 12.1 Å². The van der Waals surface area contributed by atoms with E-state index in [1.54, 1.807) is 6.20 Å². The quantitative estimate of drug-likeness (QED) is 0.781. The van der Waals surface area contributed by atoms with Gasteiger partial charge < -0.3 is 19.7 Å². The molecule has 0 aromatic carbocycles. The molecule has 0 bridgehead atoms. The molecule has 1 atom stereocenters. The van der Waals surface area contributed by atoms with Gasteiger partial charge in [0.1, 0.15) is 17.1 Å². The summed E-state index contributed by atoms with van der Waals surface area (Å²) in [5.41, 5.74) is 0.872. The topological polar surface area (TPSA) is 96.5 Å². The second-order valence-electron chi connectivity index (χ2n) is 6.00. The molecule has 11 heteroatoms. The molecule has 0 aliphatic carbocycles. The molecule has 0 saturated carbocycles. The highest BCUT2D eigenvalue weighted by atomic mass is 32.1. The van der Waals surface area contributed by atoms with Gasteiger partial charge in [0.2, 0.25) is 0 Å². The molecule has 2 aliphatic rings. The zero-order valence-electron chi connectivity index (χ0n) is 13.5. The molecule has 138 valence electrons. The predicted molar refractivity (Wildman–Crippen MR) is 87.6 cm³/mol. The van der Waals surface area contributed by atoms with Gasteiger partial charge in [-0.15, -0.1) is 11.3 Å². The summed E-state index contributed by atoms with van der Waals surface area (Å²) >= 11 is 1.05. The second kappa shape index (κ2) is 5.94. The Morgan fingerprint density at radius 2 is 2.35 bits per heavy atom. The maximum absolute atomic E-state index is 14.2. The van der Waals surface area contributed by atoms with Gasteiger partial charge in [0, 0.05) is 18.3 Å². The van der Waals surface area contributed by atoms with Crippen molar-refractivity contribution in [3.63, 3.8) is 0 Å². The number of methoxy groups -OCH3 is 1. The number of rotatable bonds is 3. The van der Waals surface area contributed by atoms with Crippen molar-refractivity contribution in [2.45, 2.75) is 18.6 Å². The lowest BCUT2D eigenvalue weighted by molar-refractivity contribution is -0.171. The maximum Gasteiger partial charge on any atom is 0.416 e. The Labute approximate surface area is 150 Å². The smallest absolute Gasteiger partial charge is 0.416 e. The van der Waals surface area contributed by atoms with E-state index in [0.717, 1.165) is 11.3 Å². The number of esters is 1. The number of nitrogens with one attached hydrogen (secondary N) is 2. The monoisotopic (exact) mass is 384 g/mol. The third-order valence-corrected chi connectivity index (χ3v) is 5.37. The third-order valence-electron chi connectivity index (χ3n) is 4.17. The van der Waals surface area contributed by atoms with E-state index in [-0.39, 0.29) is 23.6 Å². The second-order valence-corrected chi connectivity index (χ2v) is 7.02. The van der Waals surface area contributed by atoms with Crippen LogP contribution in [0, 0.1) is 0 Å².